The summed E-state index contributed by atoms with van der Waals surface area (Å²) in [6.07, 6.45) is 1.54. The molecular formula is C14H13IN2O3. The summed E-state index contributed by atoms with van der Waals surface area (Å²) < 4.78 is 5.86. The molecule has 1 fully saturated rings. The summed E-state index contributed by atoms with van der Waals surface area (Å²) in [7, 11) is 0. The Morgan fingerprint density at radius 3 is 2.75 bits per heavy atom. The standard InChI is InChI=1S/C14H13IN2O3/c15-12-8-10(1-2-13(12)18)7-11(9-16)14(19)17-3-5-20-6-4-17/h1-2,7-8,18H,3-6H2/b11-7-. The zero-order valence-corrected chi connectivity index (χ0v) is 12.8. The summed E-state index contributed by atoms with van der Waals surface area (Å²) in [4.78, 5) is 13.8. The number of carbonyl (C=O) groups is 1. The number of morpholine rings is 1. The zero-order valence-electron chi connectivity index (χ0n) is 10.7. The first-order valence-corrected chi connectivity index (χ1v) is 7.17. The third-order valence-electron chi connectivity index (χ3n) is 2.93. The van der Waals surface area contributed by atoms with E-state index in [1.54, 1.807) is 29.2 Å². The molecule has 0 saturated carbocycles. The quantitative estimate of drug-likeness (QED) is 0.479. The maximum Gasteiger partial charge on any atom is 0.264 e. The molecule has 0 bridgehead atoms. The molecule has 1 aliphatic rings. The molecule has 0 aromatic heterocycles. The van der Waals surface area contributed by atoms with Crippen molar-refractivity contribution in [2.24, 2.45) is 0 Å². The lowest BCUT2D eigenvalue weighted by Gasteiger charge is -2.26. The molecule has 1 aliphatic heterocycles. The average Bonchev–Trinajstić information content (AvgIpc) is 2.48. The Kier molecular flexibility index (Phi) is 4.98. The molecule has 2 rings (SSSR count). The van der Waals surface area contributed by atoms with Crippen molar-refractivity contribution in [2.45, 2.75) is 0 Å². The van der Waals surface area contributed by atoms with E-state index in [2.05, 4.69) is 0 Å². The zero-order chi connectivity index (χ0) is 14.5. The molecule has 0 spiro atoms. The molecule has 20 heavy (non-hydrogen) atoms. The van der Waals surface area contributed by atoms with Crippen molar-refractivity contribution in [2.75, 3.05) is 26.3 Å². The number of carbonyl (C=O) groups excluding carboxylic acids is 1. The fourth-order valence-electron chi connectivity index (χ4n) is 1.86. The summed E-state index contributed by atoms with van der Waals surface area (Å²) in [6, 6.07) is 6.88. The first-order valence-electron chi connectivity index (χ1n) is 6.09. The van der Waals surface area contributed by atoms with E-state index in [9.17, 15) is 9.90 Å². The van der Waals surface area contributed by atoms with Crippen LogP contribution in [0.5, 0.6) is 5.75 Å². The molecule has 1 aromatic rings. The number of hydrogen-bond acceptors (Lipinski definition) is 4. The van der Waals surface area contributed by atoms with Gasteiger partial charge in [0.2, 0.25) is 0 Å². The van der Waals surface area contributed by atoms with Crippen molar-refractivity contribution in [3.8, 4) is 11.8 Å². The summed E-state index contributed by atoms with van der Waals surface area (Å²) in [5, 5.41) is 18.6. The maximum atomic E-state index is 12.2. The van der Waals surface area contributed by atoms with E-state index in [0.717, 1.165) is 0 Å². The highest BCUT2D eigenvalue weighted by molar-refractivity contribution is 14.1. The second kappa shape index (κ2) is 6.72. The molecule has 5 nitrogen and oxygen atoms in total. The van der Waals surface area contributed by atoms with Crippen LogP contribution < -0.4 is 0 Å². The first-order chi connectivity index (χ1) is 9.61. The van der Waals surface area contributed by atoms with Crippen molar-refractivity contribution in [1.82, 2.24) is 4.90 Å². The van der Waals surface area contributed by atoms with Crippen LogP contribution in [-0.2, 0) is 9.53 Å². The number of phenolic OH excluding ortho intramolecular Hbond substituents is 1. The van der Waals surface area contributed by atoms with Crippen LogP contribution in [-0.4, -0.2) is 42.2 Å². The minimum absolute atomic E-state index is 0.0911. The van der Waals surface area contributed by atoms with Gasteiger partial charge in [-0.2, -0.15) is 5.26 Å². The molecule has 1 N–H and O–H groups in total. The highest BCUT2D eigenvalue weighted by Crippen LogP contribution is 2.22. The van der Waals surface area contributed by atoms with Crippen molar-refractivity contribution in [3.05, 3.63) is 32.9 Å². The van der Waals surface area contributed by atoms with Gasteiger partial charge in [-0.25, -0.2) is 0 Å². The monoisotopic (exact) mass is 384 g/mol. The van der Waals surface area contributed by atoms with Gasteiger partial charge in [-0.15, -0.1) is 0 Å². The number of hydrogen-bond donors (Lipinski definition) is 1. The van der Waals surface area contributed by atoms with Gasteiger partial charge in [0.1, 0.15) is 17.4 Å². The Hall–Kier alpha value is -1.59. The van der Waals surface area contributed by atoms with Crippen LogP contribution in [0.1, 0.15) is 5.56 Å². The molecule has 1 heterocycles. The number of ether oxygens (including phenoxy) is 1. The molecule has 0 aliphatic carbocycles. The molecule has 1 saturated heterocycles. The second-order valence-corrected chi connectivity index (χ2v) is 5.45. The van der Waals surface area contributed by atoms with E-state index in [4.69, 9.17) is 10.00 Å². The Labute approximate surface area is 130 Å². The highest BCUT2D eigenvalue weighted by Gasteiger charge is 2.20. The van der Waals surface area contributed by atoms with Crippen molar-refractivity contribution in [3.63, 3.8) is 0 Å². The van der Waals surface area contributed by atoms with Crippen LogP contribution in [0.3, 0.4) is 0 Å². The number of benzene rings is 1. The smallest absolute Gasteiger partial charge is 0.264 e. The summed E-state index contributed by atoms with van der Waals surface area (Å²) in [5.74, 6) is -0.0975. The number of halogens is 1. The third kappa shape index (κ3) is 3.49. The van der Waals surface area contributed by atoms with Gasteiger partial charge in [0.25, 0.3) is 5.91 Å². The first kappa shape index (κ1) is 14.8. The molecule has 6 heteroatoms. The van der Waals surface area contributed by atoms with E-state index < -0.39 is 0 Å². The molecule has 1 aromatic carbocycles. The Balaban J connectivity index is 2.22. The molecule has 1 amide bonds. The van der Waals surface area contributed by atoms with Gasteiger partial charge in [0.05, 0.1) is 16.8 Å². The molecule has 104 valence electrons. The van der Waals surface area contributed by atoms with Crippen molar-refractivity contribution < 1.29 is 14.6 Å². The van der Waals surface area contributed by atoms with Gasteiger partial charge in [-0.05, 0) is 46.4 Å². The normalized spacial score (nSPS) is 15.8. The minimum Gasteiger partial charge on any atom is -0.507 e. The average molecular weight is 384 g/mol. The number of rotatable bonds is 2. The predicted molar refractivity (Wildman–Crippen MR) is 81.8 cm³/mol. The number of amides is 1. The van der Waals surface area contributed by atoms with Crippen molar-refractivity contribution >= 4 is 34.6 Å². The van der Waals surface area contributed by atoms with E-state index in [1.807, 2.05) is 28.7 Å². The van der Waals surface area contributed by atoms with Crippen LogP contribution in [0.25, 0.3) is 6.08 Å². The van der Waals surface area contributed by atoms with Gasteiger partial charge in [-0.1, -0.05) is 6.07 Å². The Morgan fingerprint density at radius 2 is 2.15 bits per heavy atom. The number of phenols is 1. The van der Waals surface area contributed by atoms with Gasteiger partial charge in [0.15, 0.2) is 0 Å². The Bertz CT molecular complexity index is 587. The fraction of sp³-hybridized carbons (Fsp3) is 0.286. The van der Waals surface area contributed by atoms with Crippen LogP contribution in [0.15, 0.2) is 23.8 Å². The van der Waals surface area contributed by atoms with Crippen LogP contribution in [0.2, 0.25) is 0 Å². The second-order valence-electron chi connectivity index (χ2n) is 4.29. The summed E-state index contributed by atoms with van der Waals surface area (Å²) >= 11 is 2.00. The van der Waals surface area contributed by atoms with Crippen LogP contribution >= 0.6 is 22.6 Å². The lowest BCUT2D eigenvalue weighted by atomic mass is 10.1. The van der Waals surface area contributed by atoms with E-state index in [1.165, 1.54) is 0 Å². The van der Waals surface area contributed by atoms with Gasteiger partial charge >= 0.3 is 0 Å². The number of nitrogens with zero attached hydrogens (tertiary/aromatic N) is 2. The summed E-state index contributed by atoms with van der Waals surface area (Å²) in [6.45, 7) is 2.01. The van der Waals surface area contributed by atoms with E-state index >= 15 is 0 Å². The predicted octanol–water partition coefficient (Wildman–Crippen LogP) is 1.76. The largest absolute Gasteiger partial charge is 0.507 e. The van der Waals surface area contributed by atoms with Gasteiger partial charge < -0.3 is 14.7 Å². The lowest BCUT2D eigenvalue weighted by molar-refractivity contribution is -0.130. The van der Waals surface area contributed by atoms with Crippen LogP contribution in [0, 0.1) is 14.9 Å². The molecule has 0 unspecified atom stereocenters. The van der Waals surface area contributed by atoms with E-state index in [0.29, 0.717) is 35.4 Å². The summed E-state index contributed by atoms with van der Waals surface area (Å²) in [5.41, 5.74) is 0.804. The van der Waals surface area contributed by atoms with E-state index in [-0.39, 0.29) is 17.2 Å². The fourth-order valence-corrected chi connectivity index (χ4v) is 2.40. The highest BCUT2D eigenvalue weighted by atomic mass is 127. The van der Waals surface area contributed by atoms with Crippen LogP contribution in [0.4, 0.5) is 0 Å². The van der Waals surface area contributed by atoms with Gasteiger partial charge in [-0.3, -0.25) is 4.79 Å². The lowest BCUT2D eigenvalue weighted by Crippen LogP contribution is -2.41. The number of nitriles is 1. The third-order valence-corrected chi connectivity index (χ3v) is 3.80. The van der Waals surface area contributed by atoms with Gasteiger partial charge in [0, 0.05) is 13.1 Å². The number of aromatic hydroxyl groups is 1. The SMILES string of the molecule is N#C/C(=C/c1ccc(O)c(I)c1)C(=O)N1CCOCC1. The molecule has 0 atom stereocenters. The topological polar surface area (TPSA) is 73.6 Å². The van der Waals surface area contributed by atoms with Crippen molar-refractivity contribution in [1.29, 1.82) is 5.26 Å². The molecule has 0 radical (unpaired) electrons. The molecular weight excluding hydrogens is 371 g/mol. The maximum absolute atomic E-state index is 12.2. The minimum atomic E-state index is -0.279. The Morgan fingerprint density at radius 1 is 1.45 bits per heavy atom.